The monoisotopic (exact) mass is 423 g/mol. The Labute approximate surface area is 182 Å². The lowest BCUT2D eigenvalue weighted by Crippen LogP contribution is -2.50. The van der Waals surface area contributed by atoms with Crippen LogP contribution in [-0.4, -0.2) is 44.4 Å². The second kappa shape index (κ2) is 8.53. The van der Waals surface area contributed by atoms with Gasteiger partial charge in [0.25, 0.3) is 5.91 Å². The maximum Gasteiger partial charge on any atom is 0.325 e. The van der Waals surface area contributed by atoms with Gasteiger partial charge in [0.2, 0.25) is 5.91 Å². The number of imide groups is 1. The molecule has 2 aliphatic rings. The molecule has 164 valence electrons. The van der Waals surface area contributed by atoms with Crippen molar-refractivity contribution < 1.29 is 14.4 Å². The summed E-state index contributed by atoms with van der Waals surface area (Å²) < 4.78 is 1.90. The van der Waals surface area contributed by atoms with Crippen LogP contribution in [0.4, 0.5) is 4.79 Å². The van der Waals surface area contributed by atoms with Crippen LogP contribution in [0.15, 0.2) is 43.0 Å². The average Bonchev–Trinajstić information content (AvgIpc) is 3.38. The molecule has 31 heavy (non-hydrogen) atoms. The van der Waals surface area contributed by atoms with E-state index in [0.29, 0.717) is 18.8 Å². The number of nitrogens with one attached hydrogen (secondary N) is 2. The highest BCUT2D eigenvalue weighted by molar-refractivity contribution is 6.09. The van der Waals surface area contributed by atoms with Crippen molar-refractivity contribution in [2.45, 2.75) is 57.5 Å². The van der Waals surface area contributed by atoms with E-state index in [4.69, 9.17) is 0 Å². The van der Waals surface area contributed by atoms with Gasteiger partial charge in [0.1, 0.15) is 12.1 Å². The van der Waals surface area contributed by atoms with Gasteiger partial charge >= 0.3 is 6.03 Å². The third-order valence-corrected chi connectivity index (χ3v) is 6.66. The Hall–Kier alpha value is -3.16. The van der Waals surface area contributed by atoms with Crippen LogP contribution in [0.5, 0.6) is 0 Å². The summed E-state index contributed by atoms with van der Waals surface area (Å²) >= 11 is 0. The van der Waals surface area contributed by atoms with Gasteiger partial charge in [-0.05, 0) is 56.2 Å². The minimum atomic E-state index is -0.822. The van der Waals surface area contributed by atoms with Crippen LogP contribution in [-0.2, 0) is 9.59 Å². The lowest BCUT2D eigenvalue weighted by molar-refractivity contribution is -0.136. The largest absolute Gasteiger partial charge is 0.348 e. The highest BCUT2D eigenvalue weighted by Crippen LogP contribution is 2.37. The Bertz CT molecular complexity index is 946. The molecular formula is C23H29N5O3. The molecule has 1 atom stereocenters. The van der Waals surface area contributed by atoms with E-state index < -0.39 is 11.6 Å². The Kier molecular flexibility index (Phi) is 5.80. The molecule has 1 aromatic heterocycles. The Morgan fingerprint density at radius 1 is 1.26 bits per heavy atom. The molecule has 1 aliphatic carbocycles. The van der Waals surface area contributed by atoms with E-state index >= 15 is 0 Å². The zero-order chi connectivity index (χ0) is 22.0. The molecule has 2 heterocycles. The predicted molar refractivity (Wildman–Crippen MR) is 115 cm³/mol. The highest BCUT2D eigenvalue weighted by atomic mass is 16.2. The summed E-state index contributed by atoms with van der Waals surface area (Å²) in [6.45, 7) is 3.77. The van der Waals surface area contributed by atoms with Gasteiger partial charge in [0.05, 0.1) is 12.4 Å². The minimum Gasteiger partial charge on any atom is -0.348 e. The van der Waals surface area contributed by atoms with Gasteiger partial charge in [-0.25, -0.2) is 9.78 Å². The Balaban J connectivity index is 1.35. The van der Waals surface area contributed by atoms with E-state index in [1.807, 2.05) is 42.0 Å². The molecule has 4 amide bonds. The summed E-state index contributed by atoms with van der Waals surface area (Å²) in [5.41, 5.74) is 1.09. The van der Waals surface area contributed by atoms with Crippen LogP contribution in [0.25, 0.3) is 5.69 Å². The lowest BCUT2D eigenvalue weighted by atomic mass is 9.75. The second-order valence-electron chi connectivity index (χ2n) is 8.61. The van der Waals surface area contributed by atoms with E-state index in [2.05, 4.69) is 22.5 Å². The predicted octanol–water partition coefficient (Wildman–Crippen LogP) is 2.94. The summed E-state index contributed by atoms with van der Waals surface area (Å²) in [6, 6.07) is 7.07. The SMILES string of the molecule is CCC1CCC2(CC1)NC(=O)N(CC(=O)N[C@H](C)c1ccc(-n3ccnc3)cc1)C2=O. The first-order chi connectivity index (χ1) is 14.9. The zero-order valence-corrected chi connectivity index (χ0v) is 18.0. The van der Waals surface area contributed by atoms with Crippen molar-refractivity contribution in [3.63, 3.8) is 0 Å². The van der Waals surface area contributed by atoms with Crippen molar-refractivity contribution in [1.29, 1.82) is 0 Å². The van der Waals surface area contributed by atoms with Crippen molar-refractivity contribution in [1.82, 2.24) is 25.1 Å². The summed E-state index contributed by atoms with van der Waals surface area (Å²) in [6.07, 6.45) is 9.53. The smallest absolute Gasteiger partial charge is 0.325 e. The molecule has 8 nitrogen and oxygen atoms in total. The van der Waals surface area contributed by atoms with Crippen LogP contribution in [0.3, 0.4) is 0 Å². The van der Waals surface area contributed by atoms with E-state index in [9.17, 15) is 14.4 Å². The summed E-state index contributed by atoms with van der Waals surface area (Å²) in [5, 5.41) is 5.77. The van der Waals surface area contributed by atoms with Crippen LogP contribution in [0, 0.1) is 5.92 Å². The maximum absolute atomic E-state index is 13.0. The van der Waals surface area contributed by atoms with Crippen molar-refractivity contribution in [2.24, 2.45) is 5.92 Å². The van der Waals surface area contributed by atoms with E-state index in [1.165, 1.54) is 0 Å². The fraction of sp³-hybridized carbons (Fsp3) is 0.478. The molecule has 1 aromatic carbocycles. The number of amides is 4. The van der Waals surface area contributed by atoms with Crippen LogP contribution in [0.1, 0.15) is 57.6 Å². The number of aromatic nitrogens is 2. The van der Waals surface area contributed by atoms with Crippen LogP contribution in [0.2, 0.25) is 0 Å². The summed E-state index contributed by atoms with van der Waals surface area (Å²) in [4.78, 5) is 43.1. The topological polar surface area (TPSA) is 96.3 Å². The molecule has 8 heteroatoms. The number of carbonyl (C=O) groups is 3. The van der Waals surface area contributed by atoms with Gasteiger partial charge in [-0.2, -0.15) is 0 Å². The van der Waals surface area contributed by atoms with Gasteiger partial charge in [-0.3, -0.25) is 14.5 Å². The minimum absolute atomic E-state index is 0.251. The fourth-order valence-corrected chi connectivity index (χ4v) is 4.60. The quantitative estimate of drug-likeness (QED) is 0.698. The van der Waals surface area contributed by atoms with Gasteiger partial charge in [-0.1, -0.05) is 25.5 Å². The molecule has 2 aromatic rings. The van der Waals surface area contributed by atoms with Crippen molar-refractivity contribution in [3.8, 4) is 5.69 Å². The maximum atomic E-state index is 13.0. The molecule has 0 bridgehead atoms. The third-order valence-electron chi connectivity index (χ3n) is 6.66. The standard InChI is InChI=1S/C23H29N5O3/c1-3-17-8-10-23(11-9-17)21(30)28(22(31)26-23)14-20(29)25-16(2)18-4-6-19(7-5-18)27-13-12-24-15-27/h4-7,12-13,15-17H,3,8-11,14H2,1-2H3,(H,25,29)(H,26,31)/t16-,17?,23?/m1/s1. The number of imidazole rings is 1. The molecule has 1 aliphatic heterocycles. The molecule has 1 saturated heterocycles. The molecule has 0 radical (unpaired) electrons. The Morgan fingerprint density at radius 2 is 1.97 bits per heavy atom. The number of urea groups is 1. The molecular weight excluding hydrogens is 394 g/mol. The fourth-order valence-electron chi connectivity index (χ4n) is 4.60. The lowest BCUT2D eigenvalue weighted by Gasteiger charge is -2.34. The van der Waals surface area contributed by atoms with Crippen LogP contribution >= 0.6 is 0 Å². The van der Waals surface area contributed by atoms with E-state index in [0.717, 1.165) is 35.4 Å². The normalized spacial score (nSPS) is 24.3. The van der Waals surface area contributed by atoms with E-state index in [1.54, 1.807) is 12.5 Å². The number of carbonyl (C=O) groups excluding carboxylic acids is 3. The van der Waals surface area contributed by atoms with Gasteiger partial charge < -0.3 is 15.2 Å². The summed E-state index contributed by atoms with van der Waals surface area (Å²) in [7, 11) is 0. The van der Waals surface area contributed by atoms with Crippen molar-refractivity contribution in [3.05, 3.63) is 48.5 Å². The molecule has 1 saturated carbocycles. The average molecular weight is 424 g/mol. The first-order valence-corrected chi connectivity index (χ1v) is 10.9. The van der Waals surface area contributed by atoms with E-state index in [-0.39, 0.29) is 24.4 Å². The van der Waals surface area contributed by atoms with Crippen LogP contribution < -0.4 is 10.6 Å². The molecule has 1 spiro atoms. The second-order valence-corrected chi connectivity index (χ2v) is 8.61. The van der Waals surface area contributed by atoms with Crippen molar-refractivity contribution in [2.75, 3.05) is 6.54 Å². The molecule has 0 unspecified atom stereocenters. The number of benzene rings is 1. The van der Waals surface area contributed by atoms with Gasteiger partial charge in [0.15, 0.2) is 0 Å². The Morgan fingerprint density at radius 3 is 2.58 bits per heavy atom. The molecule has 2 fully saturated rings. The molecule has 2 N–H and O–H groups in total. The van der Waals surface area contributed by atoms with Crippen molar-refractivity contribution >= 4 is 17.8 Å². The zero-order valence-electron chi connectivity index (χ0n) is 18.0. The first kappa shape index (κ1) is 21.1. The number of nitrogens with zero attached hydrogens (tertiary/aromatic N) is 3. The highest BCUT2D eigenvalue weighted by Gasteiger charge is 2.52. The summed E-state index contributed by atoms with van der Waals surface area (Å²) in [5.74, 6) is -0.0118. The molecule has 4 rings (SSSR count). The third kappa shape index (κ3) is 4.19. The number of rotatable bonds is 6. The van der Waals surface area contributed by atoms with Gasteiger partial charge in [0, 0.05) is 18.1 Å². The number of hydrogen-bond donors (Lipinski definition) is 2. The van der Waals surface area contributed by atoms with Gasteiger partial charge in [-0.15, -0.1) is 0 Å². The number of hydrogen-bond acceptors (Lipinski definition) is 4. The first-order valence-electron chi connectivity index (χ1n) is 10.9.